The van der Waals surface area contributed by atoms with Crippen molar-refractivity contribution in [3.63, 3.8) is 0 Å². The molecule has 1 aromatic rings. The molecule has 100 valence electrons. The van der Waals surface area contributed by atoms with Crippen molar-refractivity contribution in [1.29, 1.82) is 5.26 Å². The number of aryl methyl sites for hydroxylation is 1. The molecular weight excluding hydrogens is 240 g/mol. The molecule has 4 nitrogen and oxygen atoms in total. The van der Waals surface area contributed by atoms with E-state index < -0.39 is 0 Å². The van der Waals surface area contributed by atoms with E-state index >= 15 is 0 Å². The van der Waals surface area contributed by atoms with Crippen molar-refractivity contribution in [2.45, 2.75) is 13.3 Å². The molecule has 0 saturated carbocycles. The predicted octanol–water partition coefficient (Wildman–Crippen LogP) is 2.05. The normalized spacial score (nSPS) is 10.9. The number of amides is 1. The lowest BCUT2D eigenvalue weighted by Gasteiger charge is -2.04. The standard InChI is InChI=1S/C15H18N2O2/c1-12-6-3-4-7-13(12)10-14(11-16)15(18)17-8-5-9-19-2/h3-4,6-7,10H,5,8-9H2,1-2H3,(H,17,18)/b14-10+. The average Bonchev–Trinajstić information content (AvgIpc) is 2.42. The van der Waals surface area contributed by atoms with Crippen LogP contribution in [0.5, 0.6) is 0 Å². The Morgan fingerprint density at radius 3 is 2.84 bits per heavy atom. The Labute approximate surface area is 113 Å². The highest BCUT2D eigenvalue weighted by Gasteiger charge is 2.08. The molecule has 0 saturated heterocycles. The highest BCUT2D eigenvalue weighted by molar-refractivity contribution is 6.01. The van der Waals surface area contributed by atoms with Crippen molar-refractivity contribution in [2.24, 2.45) is 0 Å². The fourth-order valence-corrected chi connectivity index (χ4v) is 1.57. The second-order valence-corrected chi connectivity index (χ2v) is 4.13. The summed E-state index contributed by atoms with van der Waals surface area (Å²) in [6, 6.07) is 9.56. The molecule has 0 atom stereocenters. The van der Waals surface area contributed by atoms with Gasteiger partial charge in [-0.15, -0.1) is 0 Å². The summed E-state index contributed by atoms with van der Waals surface area (Å²) in [7, 11) is 1.61. The van der Waals surface area contributed by atoms with Crippen molar-refractivity contribution < 1.29 is 9.53 Å². The molecule has 0 spiro atoms. The molecule has 1 N–H and O–H groups in total. The third-order valence-electron chi connectivity index (χ3n) is 2.66. The summed E-state index contributed by atoms with van der Waals surface area (Å²) in [5, 5.41) is 11.7. The van der Waals surface area contributed by atoms with E-state index in [0.29, 0.717) is 13.2 Å². The Morgan fingerprint density at radius 2 is 2.21 bits per heavy atom. The first kappa shape index (κ1) is 14.9. The van der Waals surface area contributed by atoms with Crippen molar-refractivity contribution in [3.8, 4) is 6.07 Å². The minimum atomic E-state index is -0.346. The fraction of sp³-hybridized carbons (Fsp3) is 0.333. The molecule has 1 aromatic carbocycles. The van der Waals surface area contributed by atoms with Crippen LogP contribution in [0.2, 0.25) is 0 Å². The molecule has 0 aliphatic rings. The molecule has 0 radical (unpaired) electrons. The molecule has 0 fully saturated rings. The Morgan fingerprint density at radius 1 is 1.47 bits per heavy atom. The van der Waals surface area contributed by atoms with Crippen LogP contribution in [0.4, 0.5) is 0 Å². The zero-order valence-corrected chi connectivity index (χ0v) is 11.3. The number of benzene rings is 1. The maximum absolute atomic E-state index is 11.8. The summed E-state index contributed by atoms with van der Waals surface area (Å²) in [5.41, 5.74) is 2.03. The summed E-state index contributed by atoms with van der Waals surface area (Å²) in [6.45, 7) is 3.03. The van der Waals surface area contributed by atoms with Crippen LogP contribution in [0.3, 0.4) is 0 Å². The molecule has 19 heavy (non-hydrogen) atoms. The quantitative estimate of drug-likeness (QED) is 0.482. The highest BCUT2D eigenvalue weighted by atomic mass is 16.5. The number of hydrogen-bond donors (Lipinski definition) is 1. The minimum Gasteiger partial charge on any atom is -0.385 e. The van der Waals surface area contributed by atoms with Crippen LogP contribution in [0.15, 0.2) is 29.8 Å². The molecule has 1 rings (SSSR count). The van der Waals surface area contributed by atoms with Crippen molar-refractivity contribution in [2.75, 3.05) is 20.3 Å². The average molecular weight is 258 g/mol. The van der Waals surface area contributed by atoms with Crippen LogP contribution in [0.1, 0.15) is 17.5 Å². The van der Waals surface area contributed by atoms with E-state index in [4.69, 9.17) is 10.00 Å². The SMILES string of the molecule is COCCCNC(=O)/C(C#N)=C/c1ccccc1C. The largest absolute Gasteiger partial charge is 0.385 e. The number of carbonyl (C=O) groups excluding carboxylic acids is 1. The van der Waals surface area contributed by atoms with Crippen LogP contribution in [-0.2, 0) is 9.53 Å². The molecule has 0 heterocycles. The van der Waals surface area contributed by atoms with Crippen molar-refractivity contribution in [3.05, 3.63) is 41.0 Å². The van der Waals surface area contributed by atoms with Crippen LogP contribution >= 0.6 is 0 Å². The maximum Gasteiger partial charge on any atom is 0.261 e. The van der Waals surface area contributed by atoms with Gasteiger partial charge in [0.2, 0.25) is 0 Å². The van der Waals surface area contributed by atoms with E-state index in [-0.39, 0.29) is 11.5 Å². The van der Waals surface area contributed by atoms with E-state index in [1.54, 1.807) is 13.2 Å². The minimum absolute atomic E-state index is 0.117. The number of carbonyl (C=O) groups is 1. The maximum atomic E-state index is 11.8. The number of nitriles is 1. The lowest BCUT2D eigenvalue weighted by atomic mass is 10.1. The summed E-state index contributed by atoms with van der Waals surface area (Å²) in [6.07, 6.45) is 2.34. The summed E-state index contributed by atoms with van der Waals surface area (Å²) in [5.74, 6) is -0.346. The Kier molecular flexibility index (Phi) is 6.34. The number of hydrogen-bond acceptors (Lipinski definition) is 3. The Balaban J connectivity index is 2.70. The van der Waals surface area contributed by atoms with Gasteiger partial charge in [0.05, 0.1) is 0 Å². The number of nitrogens with zero attached hydrogens (tertiary/aromatic N) is 1. The second kappa shape index (κ2) is 8.06. The zero-order chi connectivity index (χ0) is 14.1. The lowest BCUT2D eigenvalue weighted by molar-refractivity contribution is -0.117. The van der Waals surface area contributed by atoms with Gasteiger partial charge in [-0.3, -0.25) is 4.79 Å². The van der Waals surface area contributed by atoms with E-state index in [1.807, 2.05) is 37.3 Å². The van der Waals surface area contributed by atoms with Gasteiger partial charge in [-0.2, -0.15) is 5.26 Å². The van der Waals surface area contributed by atoms with Gasteiger partial charge in [0.25, 0.3) is 5.91 Å². The van der Waals surface area contributed by atoms with Crippen LogP contribution in [-0.4, -0.2) is 26.2 Å². The molecule has 1 amide bonds. The first-order valence-corrected chi connectivity index (χ1v) is 6.13. The van der Waals surface area contributed by atoms with Crippen LogP contribution < -0.4 is 5.32 Å². The molecule has 0 aromatic heterocycles. The molecule has 4 heteroatoms. The van der Waals surface area contributed by atoms with Gasteiger partial charge >= 0.3 is 0 Å². The Bertz CT molecular complexity index is 501. The van der Waals surface area contributed by atoms with E-state index in [2.05, 4.69) is 5.32 Å². The van der Waals surface area contributed by atoms with Crippen LogP contribution in [0, 0.1) is 18.3 Å². The van der Waals surface area contributed by atoms with E-state index in [9.17, 15) is 4.79 Å². The number of rotatable bonds is 6. The van der Waals surface area contributed by atoms with Crippen molar-refractivity contribution in [1.82, 2.24) is 5.32 Å². The van der Waals surface area contributed by atoms with Gasteiger partial charge in [0.15, 0.2) is 0 Å². The summed E-state index contributed by atoms with van der Waals surface area (Å²) < 4.78 is 4.89. The van der Waals surface area contributed by atoms with Crippen molar-refractivity contribution >= 4 is 12.0 Å². The lowest BCUT2D eigenvalue weighted by Crippen LogP contribution is -2.26. The number of ether oxygens (including phenoxy) is 1. The third-order valence-corrected chi connectivity index (χ3v) is 2.66. The van der Waals surface area contributed by atoms with Gasteiger partial charge < -0.3 is 10.1 Å². The van der Waals surface area contributed by atoms with Gasteiger partial charge in [-0.1, -0.05) is 24.3 Å². The molecule has 0 bridgehead atoms. The van der Waals surface area contributed by atoms with Gasteiger partial charge in [0.1, 0.15) is 11.6 Å². The topological polar surface area (TPSA) is 62.1 Å². The number of methoxy groups -OCH3 is 1. The summed E-state index contributed by atoms with van der Waals surface area (Å²) >= 11 is 0. The highest BCUT2D eigenvalue weighted by Crippen LogP contribution is 2.11. The van der Waals surface area contributed by atoms with Gasteiger partial charge in [0, 0.05) is 20.3 Å². The second-order valence-electron chi connectivity index (χ2n) is 4.13. The first-order chi connectivity index (χ1) is 9.19. The number of nitrogens with one attached hydrogen (secondary N) is 1. The first-order valence-electron chi connectivity index (χ1n) is 6.13. The monoisotopic (exact) mass is 258 g/mol. The fourth-order valence-electron chi connectivity index (χ4n) is 1.57. The van der Waals surface area contributed by atoms with E-state index in [0.717, 1.165) is 17.5 Å². The predicted molar refractivity (Wildman–Crippen MR) is 74.3 cm³/mol. The van der Waals surface area contributed by atoms with E-state index in [1.165, 1.54) is 0 Å². The molecule has 0 aliphatic carbocycles. The Hall–Kier alpha value is -2.12. The van der Waals surface area contributed by atoms with Crippen LogP contribution in [0.25, 0.3) is 6.08 Å². The van der Waals surface area contributed by atoms with Gasteiger partial charge in [-0.25, -0.2) is 0 Å². The van der Waals surface area contributed by atoms with Gasteiger partial charge in [-0.05, 0) is 30.5 Å². The molecule has 0 unspecified atom stereocenters. The summed E-state index contributed by atoms with van der Waals surface area (Å²) in [4.78, 5) is 11.8. The zero-order valence-electron chi connectivity index (χ0n) is 11.3. The smallest absolute Gasteiger partial charge is 0.261 e. The molecule has 0 aliphatic heterocycles. The molecular formula is C15H18N2O2. The third kappa shape index (κ3) is 4.94.